The summed E-state index contributed by atoms with van der Waals surface area (Å²) in [5.74, 6) is -1.65. The Kier molecular flexibility index (Phi) is 6.32. The summed E-state index contributed by atoms with van der Waals surface area (Å²) in [4.78, 5) is 30.3. The van der Waals surface area contributed by atoms with Gasteiger partial charge in [0, 0.05) is 37.6 Å². The molecule has 0 saturated carbocycles. The topological polar surface area (TPSA) is 107 Å². The van der Waals surface area contributed by atoms with Crippen molar-refractivity contribution in [1.82, 2.24) is 4.90 Å². The SMILES string of the molecule is COC(=O)c1cccc(C2C(C#N)=C(C3CCCN(C(C)=O)C3)N=C(C)C2C#N)c1. The van der Waals surface area contributed by atoms with Crippen LogP contribution in [-0.4, -0.2) is 42.7 Å². The maximum atomic E-state index is 12.0. The van der Waals surface area contributed by atoms with E-state index in [0.717, 1.165) is 12.8 Å². The first kappa shape index (κ1) is 21.3. The molecule has 0 spiro atoms. The standard InChI is InChI=1S/C23H24N4O3/c1-14-19(11-24)21(16-6-4-7-17(10-16)23(29)30-3)20(12-25)22(26-14)18-8-5-9-27(13-18)15(2)28/h4,6-7,10,18-19,21H,5,8-9,13H2,1-3H3. The lowest BCUT2D eigenvalue weighted by molar-refractivity contribution is -0.130. The molecule has 0 aliphatic carbocycles. The van der Waals surface area contributed by atoms with Crippen molar-refractivity contribution < 1.29 is 14.3 Å². The van der Waals surface area contributed by atoms with Gasteiger partial charge in [0.2, 0.25) is 5.91 Å². The zero-order valence-corrected chi connectivity index (χ0v) is 17.4. The fourth-order valence-corrected chi connectivity index (χ4v) is 4.32. The van der Waals surface area contributed by atoms with Crippen LogP contribution in [0, 0.1) is 34.5 Å². The number of nitriles is 2. The van der Waals surface area contributed by atoms with E-state index < -0.39 is 17.8 Å². The molecule has 154 valence electrons. The average Bonchev–Trinajstić information content (AvgIpc) is 2.77. The van der Waals surface area contributed by atoms with Crippen molar-refractivity contribution in [2.24, 2.45) is 16.8 Å². The summed E-state index contributed by atoms with van der Waals surface area (Å²) in [6, 6.07) is 11.4. The van der Waals surface area contributed by atoms with Crippen LogP contribution < -0.4 is 0 Å². The van der Waals surface area contributed by atoms with Gasteiger partial charge in [0.25, 0.3) is 0 Å². The van der Waals surface area contributed by atoms with Crippen molar-refractivity contribution in [1.29, 1.82) is 10.5 Å². The lowest BCUT2D eigenvalue weighted by Crippen LogP contribution is -2.40. The van der Waals surface area contributed by atoms with E-state index >= 15 is 0 Å². The quantitative estimate of drug-likeness (QED) is 0.719. The number of hydrogen-bond acceptors (Lipinski definition) is 6. The van der Waals surface area contributed by atoms with E-state index in [9.17, 15) is 20.1 Å². The van der Waals surface area contributed by atoms with E-state index in [1.807, 2.05) is 6.07 Å². The van der Waals surface area contributed by atoms with Gasteiger partial charge in [0.1, 0.15) is 0 Å². The van der Waals surface area contributed by atoms with Crippen molar-refractivity contribution in [3.05, 3.63) is 46.7 Å². The number of methoxy groups -OCH3 is 1. The number of ether oxygens (including phenoxy) is 1. The molecule has 1 aromatic carbocycles. The third-order valence-electron chi connectivity index (χ3n) is 5.85. The highest BCUT2D eigenvalue weighted by Crippen LogP contribution is 2.42. The second-order valence-corrected chi connectivity index (χ2v) is 7.67. The van der Waals surface area contributed by atoms with Crippen LogP contribution >= 0.6 is 0 Å². The number of hydrogen-bond donors (Lipinski definition) is 0. The third kappa shape index (κ3) is 3.97. The van der Waals surface area contributed by atoms with Crippen LogP contribution in [-0.2, 0) is 9.53 Å². The summed E-state index contributed by atoms with van der Waals surface area (Å²) < 4.78 is 4.81. The average molecular weight is 404 g/mol. The van der Waals surface area contributed by atoms with Crippen molar-refractivity contribution in [2.75, 3.05) is 20.2 Å². The number of nitrogens with zero attached hydrogens (tertiary/aromatic N) is 4. The molecule has 1 saturated heterocycles. The number of allylic oxidation sites excluding steroid dienone is 1. The molecule has 2 aliphatic rings. The van der Waals surface area contributed by atoms with Gasteiger partial charge in [-0.15, -0.1) is 0 Å². The van der Waals surface area contributed by atoms with Gasteiger partial charge in [-0.05, 0) is 37.5 Å². The van der Waals surface area contributed by atoms with Crippen LogP contribution in [0.15, 0.2) is 40.5 Å². The molecule has 1 amide bonds. The van der Waals surface area contributed by atoms with Gasteiger partial charge >= 0.3 is 5.97 Å². The Hall–Kier alpha value is -3.45. The zero-order chi connectivity index (χ0) is 21.8. The molecule has 30 heavy (non-hydrogen) atoms. The Morgan fingerprint density at radius 2 is 2.07 bits per heavy atom. The van der Waals surface area contributed by atoms with Gasteiger partial charge in [0.15, 0.2) is 0 Å². The number of likely N-dealkylation sites (tertiary alicyclic amines) is 1. The van der Waals surface area contributed by atoms with Crippen LogP contribution in [0.1, 0.15) is 48.5 Å². The maximum absolute atomic E-state index is 12.0. The van der Waals surface area contributed by atoms with Gasteiger partial charge < -0.3 is 9.64 Å². The Morgan fingerprint density at radius 3 is 2.70 bits per heavy atom. The zero-order valence-electron chi connectivity index (χ0n) is 17.4. The maximum Gasteiger partial charge on any atom is 0.337 e. The number of carbonyl (C=O) groups excluding carboxylic acids is 2. The monoisotopic (exact) mass is 404 g/mol. The van der Waals surface area contributed by atoms with Crippen molar-refractivity contribution in [3.8, 4) is 12.1 Å². The second kappa shape index (κ2) is 8.92. The molecule has 2 heterocycles. The van der Waals surface area contributed by atoms with E-state index in [0.29, 0.717) is 41.2 Å². The first-order chi connectivity index (χ1) is 14.4. The molecule has 1 fully saturated rings. The molecule has 3 unspecified atom stereocenters. The van der Waals surface area contributed by atoms with Gasteiger partial charge in [-0.2, -0.15) is 10.5 Å². The number of benzene rings is 1. The van der Waals surface area contributed by atoms with E-state index in [2.05, 4.69) is 17.1 Å². The summed E-state index contributed by atoms with van der Waals surface area (Å²) in [7, 11) is 1.31. The summed E-state index contributed by atoms with van der Waals surface area (Å²) in [5.41, 5.74) is 2.79. The highest BCUT2D eigenvalue weighted by molar-refractivity contribution is 5.92. The molecule has 0 aromatic heterocycles. The highest BCUT2D eigenvalue weighted by atomic mass is 16.5. The lowest BCUT2D eigenvalue weighted by Gasteiger charge is -2.36. The first-order valence-corrected chi connectivity index (χ1v) is 9.94. The van der Waals surface area contributed by atoms with Crippen LogP contribution in [0.2, 0.25) is 0 Å². The molecule has 0 N–H and O–H groups in total. The molecule has 3 atom stereocenters. The molecule has 1 aromatic rings. The lowest BCUT2D eigenvalue weighted by atomic mass is 9.74. The van der Waals surface area contributed by atoms with Gasteiger partial charge in [-0.25, -0.2) is 4.79 Å². The summed E-state index contributed by atoms with van der Waals surface area (Å²) in [6.45, 7) is 4.56. The number of carbonyl (C=O) groups is 2. The largest absolute Gasteiger partial charge is 0.465 e. The van der Waals surface area contributed by atoms with Crippen molar-refractivity contribution in [3.63, 3.8) is 0 Å². The Balaban J connectivity index is 2.10. The number of esters is 1. The van der Waals surface area contributed by atoms with E-state index in [4.69, 9.17) is 4.74 Å². The molecular formula is C23H24N4O3. The number of aliphatic imine (C=N–C) groups is 1. The third-order valence-corrected chi connectivity index (χ3v) is 5.85. The fraction of sp³-hybridized carbons (Fsp3) is 0.435. The van der Waals surface area contributed by atoms with Crippen LogP contribution in [0.5, 0.6) is 0 Å². The molecule has 0 radical (unpaired) electrons. The Labute approximate surface area is 176 Å². The highest BCUT2D eigenvalue weighted by Gasteiger charge is 2.38. The van der Waals surface area contributed by atoms with Crippen molar-refractivity contribution in [2.45, 2.75) is 32.6 Å². The number of rotatable bonds is 3. The summed E-state index contributed by atoms with van der Waals surface area (Å²) in [6.07, 6.45) is 1.67. The van der Waals surface area contributed by atoms with Crippen molar-refractivity contribution >= 4 is 17.6 Å². The Morgan fingerprint density at radius 1 is 1.30 bits per heavy atom. The summed E-state index contributed by atoms with van der Waals surface area (Å²) in [5, 5.41) is 19.9. The van der Waals surface area contributed by atoms with E-state index in [1.54, 1.807) is 36.9 Å². The normalized spacial score (nSPS) is 23.8. The molecule has 7 nitrogen and oxygen atoms in total. The number of amides is 1. The predicted octanol–water partition coefficient (Wildman–Crippen LogP) is 3.21. The molecule has 7 heteroatoms. The molecule has 2 aliphatic heterocycles. The van der Waals surface area contributed by atoms with E-state index in [-0.39, 0.29) is 11.8 Å². The fourth-order valence-electron chi connectivity index (χ4n) is 4.32. The van der Waals surface area contributed by atoms with Crippen LogP contribution in [0.4, 0.5) is 0 Å². The predicted molar refractivity (Wildman–Crippen MR) is 110 cm³/mol. The first-order valence-electron chi connectivity index (χ1n) is 9.94. The van der Waals surface area contributed by atoms with Gasteiger partial charge in [-0.1, -0.05) is 12.1 Å². The minimum absolute atomic E-state index is 0.00699. The Bertz CT molecular complexity index is 1010. The van der Waals surface area contributed by atoms with Crippen LogP contribution in [0.3, 0.4) is 0 Å². The smallest absolute Gasteiger partial charge is 0.337 e. The minimum Gasteiger partial charge on any atom is -0.465 e. The van der Waals surface area contributed by atoms with E-state index in [1.165, 1.54) is 7.11 Å². The second-order valence-electron chi connectivity index (χ2n) is 7.67. The minimum atomic E-state index is -0.608. The van der Waals surface area contributed by atoms with Crippen LogP contribution in [0.25, 0.3) is 0 Å². The van der Waals surface area contributed by atoms with Gasteiger partial charge in [0.05, 0.1) is 42.0 Å². The molecule has 3 rings (SSSR count). The summed E-state index contributed by atoms with van der Waals surface area (Å²) >= 11 is 0. The molecular weight excluding hydrogens is 380 g/mol. The molecule has 0 bridgehead atoms. The van der Waals surface area contributed by atoms with Gasteiger partial charge in [-0.3, -0.25) is 9.79 Å². The number of piperidine rings is 1.